The largest absolute Gasteiger partial charge is 0.399 e. The van der Waals surface area contributed by atoms with Crippen molar-refractivity contribution < 1.29 is 4.79 Å². The van der Waals surface area contributed by atoms with Crippen LogP contribution in [0.4, 0.5) is 39.3 Å². The van der Waals surface area contributed by atoms with Gasteiger partial charge in [0.2, 0.25) is 5.95 Å². The normalized spacial score (nSPS) is 10.2. The van der Waals surface area contributed by atoms with E-state index in [1.54, 1.807) is 36.5 Å². The Morgan fingerprint density at radius 1 is 1.07 bits per heavy atom. The third-order valence-corrected chi connectivity index (χ3v) is 4.01. The first-order valence-corrected chi connectivity index (χ1v) is 8.72. The Morgan fingerprint density at radius 2 is 1.89 bits per heavy atom. The SMILES string of the molecule is Cc1cc(N(C)C)ccc1Nc1nccc(NC(=O)Nc2cccc(N)c2)n1. The highest BCUT2D eigenvalue weighted by molar-refractivity contribution is 5.99. The second-order valence-corrected chi connectivity index (χ2v) is 6.49. The first kappa shape index (κ1) is 19.0. The van der Waals surface area contributed by atoms with Gasteiger partial charge in [-0.25, -0.2) is 9.78 Å². The van der Waals surface area contributed by atoms with Crippen LogP contribution in [0.15, 0.2) is 54.7 Å². The van der Waals surface area contributed by atoms with Crippen LogP contribution in [0, 0.1) is 6.92 Å². The number of benzene rings is 2. The molecule has 1 aromatic heterocycles. The molecular formula is C20H23N7O. The summed E-state index contributed by atoms with van der Waals surface area (Å²) >= 11 is 0. The molecule has 0 atom stereocenters. The molecule has 0 saturated heterocycles. The molecule has 0 aliphatic rings. The first-order chi connectivity index (χ1) is 13.4. The van der Waals surface area contributed by atoms with Crippen molar-refractivity contribution in [2.75, 3.05) is 40.7 Å². The quantitative estimate of drug-likeness (QED) is 0.504. The monoisotopic (exact) mass is 377 g/mol. The minimum absolute atomic E-state index is 0.376. The van der Waals surface area contributed by atoms with Crippen LogP contribution in [0.5, 0.6) is 0 Å². The maximum Gasteiger partial charge on any atom is 0.324 e. The summed E-state index contributed by atoms with van der Waals surface area (Å²) in [6.45, 7) is 2.01. The van der Waals surface area contributed by atoms with Gasteiger partial charge in [-0.1, -0.05) is 6.07 Å². The highest BCUT2D eigenvalue weighted by Crippen LogP contribution is 2.23. The summed E-state index contributed by atoms with van der Waals surface area (Å²) in [4.78, 5) is 22.8. The van der Waals surface area contributed by atoms with E-state index in [0.29, 0.717) is 23.1 Å². The Labute approximate surface area is 163 Å². The smallest absolute Gasteiger partial charge is 0.324 e. The van der Waals surface area contributed by atoms with Crippen LogP contribution in [0.2, 0.25) is 0 Å². The molecule has 0 unspecified atom stereocenters. The van der Waals surface area contributed by atoms with Crippen LogP contribution in [0.3, 0.4) is 0 Å². The summed E-state index contributed by atoms with van der Waals surface area (Å²) in [5, 5.41) is 8.58. The number of nitrogens with zero attached hydrogens (tertiary/aromatic N) is 3. The highest BCUT2D eigenvalue weighted by Gasteiger charge is 2.07. The van der Waals surface area contributed by atoms with Crippen LogP contribution < -0.4 is 26.6 Å². The van der Waals surface area contributed by atoms with Gasteiger partial charge < -0.3 is 21.3 Å². The maximum absolute atomic E-state index is 12.2. The number of nitrogens with two attached hydrogens (primary N) is 1. The lowest BCUT2D eigenvalue weighted by atomic mass is 10.1. The number of hydrogen-bond donors (Lipinski definition) is 4. The van der Waals surface area contributed by atoms with Gasteiger partial charge in [-0.05, 0) is 55.0 Å². The van der Waals surface area contributed by atoms with Crippen molar-refractivity contribution in [2.24, 2.45) is 0 Å². The van der Waals surface area contributed by atoms with Crippen molar-refractivity contribution >= 4 is 40.5 Å². The van der Waals surface area contributed by atoms with E-state index in [2.05, 4.69) is 32.0 Å². The second kappa shape index (κ2) is 8.26. The van der Waals surface area contributed by atoms with Gasteiger partial charge in [0.1, 0.15) is 5.82 Å². The molecule has 0 fully saturated rings. The molecule has 8 nitrogen and oxygen atoms in total. The molecule has 2 amide bonds. The molecule has 5 N–H and O–H groups in total. The van der Waals surface area contributed by atoms with Gasteiger partial charge in [-0.15, -0.1) is 0 Å². The highest BCUT2D eigenvalue weighted by atomic mass is 16.2. The van der Waals surface area contributed by atoms with E-state index < -0.39 is 6.03 Å². The Balaban J connectivity index is 1.68. The van der Waals surface area contributed by atoms with Crippen LogP contribution in [0.25, 0.3) is 0 Å². The average molecular weight is 377 g/mol. The van der Waals surface area contributed by atoms with E-state index in [0.717, 1.165) is 16.9 Å². The number of carbonyl (C=O) groups is 1. The minimum atomic E-state index is -0.415. The van der Waals surface area contributed by atoms with Crippen molar-refractivity contribution in [2.45, 2.75) is 6.92 Å². The topological polar surface area (TPSA) is 108 Å². The van der Waals surface area contributed by atoms with Gasteiger partial charge in [0.05, 0.1) is 0 Å². The molecule has 0 saturated carbocycles. The number of aromatic nitrogens is 2. The molecule has 28 heavy (non-hydrogen) atoms. The maximum atomic E-state index is 12.2. The molecule has 1 heterocycles. The van der Waals surface area contributed by atoms with E-state index in [1.165, 1.54) is 0 Å². The predicted molar refractivity (Wildman–Crippen MR) is 114 cm³/mol. The van der Waals surface area contributed by atoms with Crippen molar-refractivity contribution in [3.8, 4) is 0 Å². The standard InChI is InChI=1S/C20H23N7O/c1-13-11-16(27(2)3)7-8-17(13)24-19-22-10-9-18(25-19)26-20(28)23-15-6-4-5-14(21)12-15/h4-12H,21H2,1-3H3,(H3,22,23,24,25,26,28). The summed E-state index contributed by atoms with van der Waals surface area (Å²) < 4.78 is 0. The Morgan fingerprint density at radius 3 is 2.61 bits per heavy atom. The molecule has 144 valence electrons. The number of anilines is 6. The number of hydrogen-bond acceptors (Lipinski definition) is 6. The minimum Gasteiger partial charge on any atom is -0.399 e. The van der Waals surface area contributed by atoms with Gasteiger partial charge in [0.15, 0.2) is 0 Å². The molecule has 3 rings (SSSR count). The second-order valence-electron chi connectivity index (χ2n) is 6.49. The third-order valence-electron chi connectivity index (χ3n) is 4.01. The zero-order chi connectivity index (χ0) is 20.1. The van der Waals surface area contributed by atoms with Gasteiger partial charge in [-0.2, -0.15) is 4.98 Å². The van der Waals surface area contributed by atoms with E-state index >= 15 is 0 Å². The fraction of sp³-hybridized carbons (Fsp3) is 0.150. The number of aryl methyl sites for hydroxylation is 1. The van der Waals surface area contributed by atoms with E-state index in [-0.39, 0.29) is 0 Å². The first-order valence-electron chi connectivity index (χ1n) is 8.72. The van der Waals surface area contributed by atoms with Crippen LogP contribution in [-0.2, 0) is 0 Å². The van der Waals surface area contributed by atoms with Crippen molar-refractivity contribution in [1.82, 2.24) is 9.97 Å². The molecule has 8 heteroatoms. The molecule has 0 spiro atoms. The van der Waals surface area contributed by atoms with E-state index in [9.17, 15) is 4.79 Å². The number of nitrogens with one attached hydrogen (secondary N) is 3. The van der Waals surface area contributed by atoms with Gasteiger partial charge in [0, 0.05) is 43.0 Å². The Hall–Kier alpha value is -3.81. The van der Waals surface area contributed by atoms with E-state index in [4.69, 9.17) is 5.73 Å². The lowest BCUT2D eigenvalue weighted by Gasteiger charge is -2.15. The molecule has 0 radical (unpaired) electrons. The van der Waals surface area contributed by atoms with Gasteiger partial charge >= 0.3 is 6.03 Å². The van der Waals surface area contributed by atoms with Gasteiger partial charge in [0.25, 0.3) is 0 Å². The molecule has 0 aliphatic heterocycles. The summed E-state index contributed by atoms with van der Waals surface area (Å²) in [5.41, 5.74) is 9.95. The Bertz CT molecular complexity index is 988. The van der Waals surface area contributed by atoms with Crippen LogP contribution in [-0.4, -0.2) is 30.1 Å². The van der Waals surface area contributed by atoms with E-state index in [1.807, 2.05) is 38.1 Å². The molecule has 2 aromatic carbocycles. The van der Waals surface area contributed by atoms with Crippen LogP contribution in [0.1, 0.15) is 5.56 Å². The number of nitrogen functional groups attached to an aromatic ring is 1. The third kappa shape index (κ3) is 4.88. The van der Waals surface area contributed by atoms with Crippen LogP contribution >= 0.6 is 0 Å². The fourth-order valence-electron chi connectivity index (χ4n) is 2.57. The number of urea groups is 1. The molecule has 0 bridgehead atoms. The molecular weight excluding hydrogens is 354 g/mol. The zero-order valence-corrected chi connectivity index (χ0v) is 16.0. The summed E-state index contributed by atoms with van der Waals surface area (Å²) in [7, 11) is 3.99. The number of amides is 2. The summed E-state index contributed by atoms with van der Waals surface area (Å²) in [5.74, 6) is 0.768. The zero-order valence-electron chi connectivity index (χ0n) is 16.0. The lowest BCUT2D eigenvalue weighted by molar-refractivity contribution is 0.262. The summed E-state index contributed by atoms with van der Waals surface area (Å²) in [6.07, 6.45) is 1.58. The number of rotatable bonds is 5. The fourth-order valence-corrected chi connectivity index (χ4v) is 2.57. The Kier molecular flexibility index (Phi) is 5.59. The van der Waals surface area contributed by atoms with Crippen molar-refractivity contribution in [3.63, 3.8) is 0 Å². The molecule has 3 aromatic rings. The van der Waals surface area contributed by atoms with Crippen molar-refractivity contribution in [3.05, 3.63) is 60.3 Å². The summed E-state index contributed by atoms with van der Waals surface area (Å²) in [6, 6.07) is 14.2. The van der Waals surface area contributed by atoms with Gasteiger partial charge in [-0.3, -0.25) is 5.32 Å². The lowest BCUT2D eigenvalue weighted by Crippen LogP contribution is -2.20. The average Bonchev–Trinajstić information content (AvgIpc) is 2.63. The number of carbonyl (C=O) groups excluding carboxylic acids is 1. The van der Waals surface area contributed by atoms with Crippen molar-refractivity contribution in [1.29, 1.82) is 0 Å². The molecule has 0 aliphatic carbocycles. The predicted octanol–water partition coefficient (Wildman–Crippen LogP) is 3.82.